The molecule has 1 aromatic carbocycles. The Morgan fingerprint density at radius 1 is 1.45 bits per heavy atom. The van der Waals surface area contributed by atoms with Gasteiger partial charge in [-0.05, 0) is 44.5 Å². The standard InChI is InChI=1S/C17H25N3O2/c1-12(2)17(4,11-18)19-16(22)10-20(5)13(3)14-7-6-8-15(21)9-14/h6-9,12-13,21H,10H2,1-5H3,(H,19,22)/t13-,17-/m1/s1. The molecule has 120 valence electrons. The number of nitrogens with one attached hydrogen (secondary N) is 1. The molecule has 0 aliphatic heterocycles. The van der Waals surface area contributed by atoms with Crippen molar-refractivity contribution < 1.29 is 9.90 Å². The average molecular weight is 303 g/mol. The predicted molar refractivity (Wildman–Crippen MR) is 86.2 cm³/mol. The van der Waals surface area contributed by atoms with E-state index in [4.69, 9.17) is 0 Å². The van der Waals surface area contributed by atoms with E-state index in [9.17, 15) is 15.2 Å². The highest BCUT2D eigenvalue weighted by Crippen LogP contribution is 2.22. The van der Waals surface area contributed by atoms with Crippen molar-refractivity contribution in [3.63, 3.8) is 0 Å². The highest BCUT2D eigenvalue weighted by molar-refractivity contribution is 5.79. The van der Waals surface area contributed by atoms with Crippen LogP contribution in [0.1, 0.15) is 39.3 Å². The number of hydrogen-bond donors (Lipinski definition) is 2. The number of carbonyl (C=O) groups is 1. The van der Waals surface area contributed by atoms with Crippen molar-refractivity contribution in [3.05, 3.63) is 29.8 Å². The van der Waals surface area contributed by atoms with Gasteiger partial charge in [0.2, 0.25) is 5.91 Å². The first-order chi connectivity index (χ1) is 10.2. The monoisotopic (exact) mass is 303 g/mol. The van der Waals surface area contributed by atoms with E-state index in [2.05, 4.69) is 11.4 Å². The lowest BCUT2D eigenvalue weighted by molar-refractivity contribution is -0.124. The molecule has 0 bridgehead atoms. The molecule has 1 aromatic rings. The molecule has 5 nitrogen and oxygen atoms in total. The average Bonchev–Trinajstić information content (AvgIpc) is 2.45. The first-order valence-corrected chi connectivity index (χ1v) is 7.41. The van der Waals surface area contributed by atoms with Crippen LogP contribution in [0.2, 0.25) is 0 Å². The van der Waals surface area contributed by atoms with Gasteiger partial charge < -0.3 is 10.4 Å². The number of nitrogens with zero attached hydrogens (tertiary/aromatic N) is 2. The molecule has 0 radical (unpaired) electrons. The van der Waals surface area contributed by atoms with Gasteiger partial charge in [-0.25, -0.2) is 0 Å². The number of benzene rings is 1. The van der Waals surface area contributed by atoms with Gasteiger partial charge in [0.1, 0.15) is 11.3 Å². The summed E-state index contributed by atoms with van der Waals surface area (Å²) in [7, 11) is 1.84. The number of aromatic hydroxyl groups is 1. The fraction of sp³-hybridized carbons (Fsp3) is 0.529. The number of hydrogen-bond acceptors (Lipinski definition) is 4. The van der Waals surface area contributed by atoms with Crippen LogP contribution in [0.25, 0.3) is 0 Å². The van der Waals surface area contributed by atoms with Crippen LogP contribution in [0.15, 0.2) is 24.3 Å². The summed E-state index contributed by atoms with van der Waals surface area (Å²) in [5.41, 5.74) is 0.0637. The van der Waals surface area contributed by atoms with Crippen molar-refractivity contribution in [1.82, 2.24) is 10.2 Å². The molecule has 0 fully saturated rings. The lowest BCUT2D eigenvalue weighted by atomic mass is 9.90. The first-order valence-electron chi connectivity index (χ1n) is 7.41. The number of nitriles is 1. The fourth-order valence-corrected chi connectivity index (χ4v) is 2.03. The minimum absolute atomic E-state index is 0.0229. The molecule has 0 aromatic heterocycles. The zero-order valence-electron chi connectivity index (χ0n) is 13.9. The Hall–Kier alpha value is -2.06. The molecule has 0 saturated carbocycles. The number of phenolic OH excluding ortho intramolecular Hbond substituents is 1. The number of rotatable bonds is 6. The summed E-state index contributed by atoms with van der Waals surface area (Å²) in [5, 5.41) is 21.6. The summed E-state index contributed by atoms with van der Waals surface area (Å²) in [5.74, 6) is 0.0431. The normalized spacial score (nSPS) is 15.2. The van der Waals surface area contributed by atoms with Crippen molar-refractivity contribution in [2.75, 3.05) is 13.6 Å². The lowest BCUT2D eigenvalue weighted by Crippen LogP contribution is -2.51. The second-order valence-corrected chi connectivity index (χ2v) is 6.20. The van der Waals surface area contributed by atoms with E-state index in [-0.39, 0.29) is 30.2 Å². The molecule has 0 spiro atoms. The van der Waals surface area contributed by atoms with Crippen LogP contribution < -0.4 is 5.32 Å². The molecule has 0 aliphatic rings. The molecule has 2 N–H and O–H groups in total. The van der Waals surface area contributed by atoms with Gasteiger partial charge >= 0.3 is 0 Å². The molecule has 1 rings (SSSR count). The van der Waals surface area contributed by atoms with Gasteiger partial charge in [-0.15, -0.1) is 0 Å². The summed E-state index contributed by atoms with van der Waals surface area (Å²) in [6.45, 7) is 7.69. The van der Waals surface area contributed by atoms with Gasteiger partial charge in [0.25, 0.3) is 0 Å². The summed E-state index contributed by atoms with van der Waals surface area (Å²) in [4.78, 5) is 14.1. The maximum absolute atomic E-state index is 12.2. The van der Waals surface area contributed by atoms with E-state index in [1.54, 1.807) is 25.1 Å². The third-order valence-electron chi connectivity index (χ3n) is 4.19. The van der Waals surface area contributed by atoms with Crippen LogP contribution >= 0.6 is 0 Å². The van der Waals surface area contributed by atoms with Crippen LogP contribution in [-0.4, -0.2) is 35.0 Å². The van der Waals surface area contributed by atoms with Crippen molar-refractivity contribution in [2.24, 2.45) is 5.92 Å². The molecule has 0 aliphatic carbocycles. The molecular weight excluding hydrogens is 278 g/mol. The van der Waals surface area contributed by atoms with Gasteiger partial charge in [0.15, 0.2) is 0 Å². The van der Waals surface area contributed by atoms with Crippen LogP contribution in [0.3, 0.4) is 0 Å². The highest BCUT2D eigenvalue weighted by Gasteiger charge is 2.30. The Labute approximate surface area is 132 Å². The largest absolute Gasteiger partial charge is 0.508 e. The molecule has 1 amide bonds. The minimum Gasteiger partial charge on any atom is -0.508 e. The van der Waals surface area contributed by atoms with E-state index in [0.29, 0.717) is 0 Å². The molecule has 0 heterocycles. The lowest BCUT2D eigenvalue weighted by Gasteiger charge is -2.30. The maximum atomic E-state index is 12.2. The van der Waals surface area contributed by atoms with Gasteiger partial charge in [-0.1, -0.05) is 26.0 Å². The quantitative estimate of drug-likeness (QED) is 0.846. The third-order valence-corrected chi connectivity index (χ3v) is 4.19. The van der Waals surface area contributed by atoms with Crippen LogP contribution in [0, 0.1) is 17.2 Å². The van der Waals surface area contributed by atoms with Crippen LogP contribution in [0.4, 0.5) is 0 Å². The highest BCUT2D eigenvalue weighted by atomic mass is 16.3. The zero-order chi connectivity index (χ0) is 16.9. The van der Waals surface area contributed by atoms with E-state index in [0.717, 1.165) is 5.56 Å². The van der Waals surface area contributed by atoms with Crippen molar-refractivity contribution >= 4 is 5.91 Å². The van der Waals surface area contributed by atoms with Crippen LogP contribution in [-0.2, 0) is 4.79 Å². The Kier molecular flexibility index (Phi) is 5.95. The van der Waals surface area contributed by atoms with Crippen molar-refractivity contribution in [1.29, 1.82) is 5.26 Å². The topological polar surface area (TPSA) is 76.4 Å². The molecule has 0 saturated heterocycles. The Morgan fingerprint density at radius 2 is 2.09 bits per heavy atom. The smallest absolute Gasteiger partial charge is 0.235 e. The third kappa shape index (κ3) is 4.47. The molecule has 2 atom stereocenters. The van der Waals surface area contributed by atoms with Crippen LogP contribution in [0.5, 0.6) is 5.75 Å². The summed E-state index contributed by atoms with van der Waals surface area (Å²) in [6, 6.07) is 9.13. The summed E-state index contributed by atoms with van der Waals surface area (Å²) >= 11 is 0. The zero-order valence-corrected chi connectivity index (χ0v) is 13.9. The molecule has 5 heteroatoms. The number of likely N-dealkylation sites (N-methyl/N-ethyl adjacent to an activating group) is 1. The van der Waals surface area contributed by atoms with Crippen molar-refractivity contribution in [2.45, 2.75) is 39.3 Å². The summed E-state index contributed by atoms with van der Waals surface area (Å²) in [6.07, 6.45) is 0. The predicted octanol–water partition coefficient (Wildman–Crippen LogP) is 2.44. The maximum Gasteiger partial charge on any atom is 0.235 e. The first kappa shape index (κ1) is 18.0. The second-order valence-electron chi connectivity index (χ2n) is 6.20. The van der Waals surface area contributed by atoms with Crippen molar-refractivity contribution in [3.8, 4) is 11.8 Å². The SMILES string of the molecule is CC(C)[C@@](C)(C#N)NC(=O)CN(C)[C@H](C)c1cccc(O)c1. The second kappa shape index (κ2) is 7.28. The van der Waals surface area contributed by atoms with Gasteiger partial charge in [-0.2, -0.15) is 5.26 Å². The Bertz CT molecular complexity index is 565. The number of carbonyl (C=O) groups excluding carboxylic acids is 1. The van der Waals surface area contributed by atoms with Gasteiger partial charge in [0.05, 0.1) is 12.6 Å². The molecular formula is C17H25N3O2. The fourth-order valence-electron chi connectivity index (χ4n) is 2.03. The van der Waals surface area contributed by atoms with Gasteiger partial charge in [-0.3, -0.25) is 9.69 Å². The van der Waals surface area contributed by atoms with E-state index in [1.165, 1.54) is 0 Å². The summed E-state index contributed by atoms with van der Waals surface area (Å²) < 4.78 is 0. The minimum atomic E-state index is -0.869. The molecule has 22 heavy (non-hydrogen) atoms. The molecule has 0 unspecified atom stereocenters. The van der Waals surface area contributed by atoms with E-state index >= 15 is 0 Å². The Balaban J connectivity index is 2.70. The number of phenols is 1. The van der Waals surface area contributed by atoms with E-state index in [1.807, 2.05) is 38.8 Å². The van der Waals surface area contributed by atoms with E-state index < -0.39 is 5.54 Å². The Morgan fingerprint density at radius 3 is 2.59 bits per heavy atom. The van der Waals surface area contributed by atoms with Gasteiger partial charge in [0, 0.05) is 6.04 Å². The number of amides is 1.